The van der Waals surface area contributed by atoms with E-state index in [1.165, 1.54) is 0 Å². The molecule has 1 aromatic rings. The fourth-order valence-electron chi connectivity index (χ4n) is 1.04. The lowest BCUT2D eigenvalue weighted by atomic mass is 10.7. The SMILES string of the molecule is CO[Si](OC)(OC)c1sccc1Br. The molecule has 74 valence electrons. The predicted molar refractivity (Wildman–Crippen MR) is 58.4 cm³/mol. The third kappa shape index (κ3) is 2.03. The van der Waals surface area contributed by atoms with Gasteiger partial charge in [0.1, 0.15) is 0 Å². The van der Waals surface area contributed by atoms with Crippen molar-refractivity contribution in [3.8, 4) is 0 Å². The summed E-state index contributed by atoms with van der Waals surface area (Å²) in [5, 5.41) is 1.97. The van der Waals surface area contributed by atoms with Crippen molar-refractivity contribution in [1.29, 1.82) is 0 Å². The molecule has 0 aromatic carbocycles. The molecule has 0 aliphatic rings. The van der Waals surface area contributed by atoms with Crippen molar-refractivity contribution >= 4 is 40.6 Å². The highest BCUT2D eigenvalue weighted by Gasteiger charge is 2.43. The van der Waals surface area contributed by atoms with Crippen LogP contribution in [0, 0.1) is 0 Å². The Hall–Kier alpha value is 0.277. The largest absolute Gasteiger partial charge is 0.548 e. The van der Waals surface area contributed by atoms with Gasteiger partial charge >= 0.3 is 8.80 Å². The Bertz CT molecular complexity index is 266. The van der Waals surface area contributed by atoms with Gasteiger partial charge in [0.2, 0.25) is 0 Å². The number of rotatable bonds is 4. The molecule has 1 heterocycles. The molecule has 0 aliphatic carbocycles. The van der Waals surface area contributed by atoms with Gasteiger partial charge < -0.3 is 13.3 Å². The van der Waals surface area contributed by atoms with E-state index >= 15 is 0 Å². The van der Waals surface area contributed by atoms with Gasteiger partial charge in [-0.2, -0.15) is 0 Å². The monoisotopic (exact) mass is 282 g/mol. The average Bonchev–Trinajstić information content (AvgIpc) is 2.57. The van der Waals surface area contributed by atoms with Crippen LogP contribution >= 0.6 is 27.3 Å². The topological polar surface area (TPSA) is 27.7 Å². The summed E-state index contributed by atoms with van der Waals surface area (Å²) in [6, 6.07) is 1.96. The van der Waals surface area contributed by atoms with Gasteiger partial charge in [-0.3, -0.25) is 0 Å². The molecule has 0 saturated heterocycles. The second-order valence-electron chi connectivity index (χ2n) is 2.27. The maximum Gasteiger partial charge on any atom is 0.548 e. The van der Waals surface area contributed by atoms with E-state index in [0.29, 0.717) is 0 Å². The normalized spacial score (nSPS) is 12.0. The van der Waals surface area contributed by atoms with Gasteiger partial charge in [0, 0.05) is 25.8 Å². The van der Waals surface area contributed by atoms with Crippen LogP contribution in [0.1, 0.15) is 0 Å². The van der Waals surface area contributed by atoms with Crippen LogP contribution in [0.5, 0.6) is 0 Å². The highest BCUT2D eigenvalue weighted by atomic mass is 79.9. The molecule has 0 spiro atoms. The fraction of sp³-hybridized carbons (Fsp3) is 0.429. The molecule has 0 saturated carbocycles. The third-order valence-electron chi connectivity index (χ3n) is 1.70. The van der Waals surface area contributed by atoms with Crippen molar-refractivity contribution in [3.63, 3.8) is 0 Å². The fourth-order valence-corrected chi connectivity index (χ4v) is 5.84. The van der Waals surface area contributed by atoms with E-state index in [4.69, 9.17) is 13.3 Å². The molecule has 0 atom stereocenters. The molecule has 0 fully saturated rings. The first-order valence-corrected chi connectivity index (χ1v) is 6.99. The summed E-state index contributed by atoms with van der Waals surface area (Å²) in [5.41, 5.74) is 0. The van der Waals surface area contributed by atoms with Crippen molar-refractivity contribution in [2.24, 2.45) is 0 Å². The number of hydrogen-bond donors (Lipinski definition) is 0. The molecule has 1 aromatic heterocycles. The van der Waals surface area contributed by atoms with Crippen LogP contribution in [0.4, 0.5) is 0 Å². The van der Waals surface area contributed by atoms with Gasteiger partial charge in [0.05, 0.1) is 4.50 Å². The van der Waals surface area contributed by atoms with Gasteiger partial charge in [-0.15, -0.1) is 11.3 Å². The molecular weight excluding hydrogens is 272 g/mol. The van der Waals surface area contributed by atoms with Crippen LogP contribution in [0.15, 0.2) is 15.9 Å². The van der Waals surface area contributed by atoms with Crippen LogP contribution in [0.25, 0.3) is 0 Å². The Kier molecular flexibility index (Phi) is 4.08. The molecule has 1 rings (SSSR count). The molecule has 3 nitrogen and oxygen atoms in total. The summed E-state index contributed by atoms with van der Waals surface area (Å²) >= 11 is 5.00. The Labute approximate surface area is 91.1 Å². The minimum Gasteiger partial charge on any atom is -0.373 e. The molecule has 0 aliphatic heterocycles. The van der Waals surface area contributed by atoms with Crippen molar-refractivity contribution in [1.82, 2.24) is 0 Å². The summed E-state index contributed by atoms with van der Waals surface area (Å²) < 4.78 is 18.0. The lowest BCUT2D eigenvalue weighted by molar-refractivity contribution is 0.141. The molecule has 6 heteroatoms. The van der Waals surface area contributed by atoms with Crippen LogP contribution in [-0.4, -0.2) is 30.1 Å². The molecule has 0 bridgehead atoms. The van der Waals surface area contributed by atoms with Gasteiger partial charge in [-0.1, -0.05) is 0 Å². The second kappa shape index (κ2) is 4.67. The first kappa shape index (κ1) is 11.4. The summed E-state index contributed by atoms with van der Waals surface area (Å²) in [6.07, 6.45) is 0. The minimum atomic E-state index is -2.61. The molecule has 0 unspecified atom stereocenters. The van der Waals surface area contributed by atoms with Crippen LogP contribution in [-0.2, 0) is 13.3 Å². The van der Waals surface area contributed by atoms with Crippen molar-refractivity contribution < 1.29 is 13.3 Å². The number of halogens is 1. The molecular formula is C7H11BrO3SSi. The highest BCUT2D eigenvalue weighted by molar-refractivity contribution is 9.10. The highest BCUT2D eigenvalue weighted by Crippen LogP contribution is 2.19. The van der Waals surface area contributed by atoms with Gasteiger partial charge in [-0.25, -0.2) is 0 Å². The lowest BCUT2D eigenvalue weighted by Gasteiger charge is -2.23. The Morgan fingerprint density at radius 2 is 1.77 bits per heavy atom. The van der Waals surface area contributed by atoms with E-state index in [1.807, 2.05) is 11.4 Å². The maximum absolute atomic E-state index is 5.34. The van der Waals surface area contributed by atoms with Crippen molar-refractivity contribution in [3.05, 3.63) is 15.9 Å². The first-order valence-electron chi connectivity index (χ1n) is 3.59. The van der Waals surface area contributed by atoms with Crippen LogP contribution in [0.3, 0.4) is 0 Å². The minimum absolute atomic E-state index is 0.981. The Morgan fingerprint density at radius 1 is 1.23 bits per heavy atom. The van der Waals surface area contributed by atoms with E-state index in [0.717, 1.165) is 8.97 Å². The second-order valence-corrected chi connectivity index (χ2v) is 7.24. The Morgan fingerprint density at radius 3 is 2.08 bits per heavy atom. The van der Waals surface area contributed by atoms with E-state index in [1.54, 1.807) is 32.7 Å². The molecule has 0 N–H and O–H groups in total. The first-order chi connectivity index (χ1) is 6.20. The molecule has 0 radical (unpaired) electrons. The number of hydrogen-bond acceptors (Lipinski definition) is 4. The summed E-state index contributed by atoms with van der Waals surface area (Å²) in [4.78, 5) is 0. The molecule has 0 amide bonds. The maximum atomic E-state index is 5.34. The van der Waals surface area contributed by atoms with Gasteiger partial charge in [0.15, 0.2) is 0 Å². The molecule has 13 heavy (non-hydrogen) atoms. The van der Waals surface area contributed by atoms with Crippen LogP contribution in [0.2, 0.25) is 0 Å². The number of thiophene rings is 1. The summed E-state index contributed by atoms with van der Waals surface area (Å²) in [6.45, 7) is 0. The van der Waals surface area contributed by atoms with E-state index in [2.05, 4.69) is 15.9 Å². The van der Waals surface area contributed by atoms with Gasteiger partial charge in [0.25, 0.3) is 0 Å². The third-order valence-corrected chi connectivity index (χ3v) is 7.26. The zero-order valence-electron chi connectivity index (χ0n) is 7.67. The lowest BCUT2D eigenvalue weighted by Crippen LogP contribution is -2.53. The Balaban J connectivity index is 3.07. The van der Waals surface area contributed by atoms with E-state index < -0.39 is 8.80 Å². The van der Waals surface area contributed by atoms with Crippen molar-refractivity contribution in [2.45, 2.75) is 0 Å². The standard InChI is InChI=1S/C7H11BrO3SSi/c1-9-13(10-2,11-3)7-6(8)4-5-12-7/h4-5H,1-3H3. The summed E-state index contributed by atoms with van der Waals surface area (Å²) in [5.74, 6) is 0. The van der Waals surface area contributed by atoms with Crippen molar-refractivity contribution in [2.75, 3.05) is 21.3 Å². The smallest absolute Gasteiger partial charge is 0.373 e. The quantitative estimate of drug-likeness (QED) is 0.786. The zero-order chi connectivity index (χ0) is 9.90. The predicted octanol–water partition coefficient (Wildman–Crippen LogP) is 1.60. The summed E-state index contributed by atoms with van der Waals surface area (Å²) in [7, 11) is 2.19. The van der Waals surface area contributed by atoms with Crippen LogP contribution < -0.4 is 4.50 Å². The average molecular weight is 283 g/mol. The van der Waals surface area contributed by atoms with E-state index in [9.17, 15) is 0 Å². The zero-order valence-corrected chi connectivity index (χ0v) is 11.1. The van der Waals surface area contributed by atoms with E-state index in [-0.39, 0.29) is 0 Å². The van der Waals surface area contributed by atoms with Gasteiger partial charge in [-0.05, 0) is 27.4 Å².